The van der Waals surface area contributed by atoms with Crippen molar-refractivity contribution in [3.8, 4) is 0 Å². The van der Waals surface area contributed by atoms with E-state index in [2.05, 4.69) is 30.3 Å². The van der Waals surface area contributed by atoms with E-state index in [1.54, 1.807) is 6.92 Å². The first-order chi connectivity index (χ1) is 12.7. The minimum absolute atomic E-state index is 0.327. The molecule has 0 spiro atoms. The van der Waals surface area contributed by atoms with Gasteiger partial charge in [-0.25, -0.2) is 4.79 Å². The fourth-order valence-electron chi connectivity index (χ4n) is 3.11. The summed E-state index contributed by atoms with van der Waals surface area (Å²) in [7, 11) is 0. The van der Waals surface area contributed by atoms with E-state index in [9.17, 15) is 9.59 Å². The quantitative estimate of drug-likeness (QED) is 0.746. The number of anilines is 1. The fourth-order valence-corrected chi connectivity index (χ4v) is 4.02. The standard InChI is InChI=1S/C18H30N6O2S/c1-12(14(25)19-15(26)20-18(2,3)4)27-17-22-21-16(24(17)13-8-9-13)23-10-6-5-7-11-23/h12-13H,5-11H2,1-4H3,(H2,19,20,25,26)/t12-/m0/s1. The van der Waals surface area contributed by atoms with E-state index in [0.29, 0.717) is 6.04 Å². The van der Waals surface area contributed by atoms with Crippen molar-refractivity contribution in [2.75, 3.05) is 18.0 Å². The number of nitrogens with zero attached hydrogens (tertiary/aromatic N) is 4. The number of carbonyl (C=O) groups excluding carboxylic acids is 2. The van der Waals surface area contributed by atoms with E-state index in [0.717, 1.165) is 37.0 Å². The average Bonchev–Trinajstić information content (AvgIpc) is 3.34. The summed E-state index contributed by atoms with van der Waals surface area (Å²) in [4.78, 5) is 26.6. The predicted octanol–water partition coefficient (Wildman–Crippen LogP) is 2.71. The number of carbonyl (C=O) groups is 2. The Hall–Kier alpha value is -1.77. The van der Waals surface area contributed by atoms with Gasteiger partial charge in [0.1, 0.15) is 0 Å². The van der Waals surface area contributed by atoms with Crippen LogP contribution in [-0.2, 0) is 4.79 Å². The van der Waals surface area contributed by atoms with Gasteiger partial charge in [0.15, 0.2) is 5.16 Å². The maximum absolute atomic E-state index is 12.4. The molecule has 2 N–H and O–H groups in total. The Morgan fingerprint density at radius 1 is 1.15 bits per heavy atom. The summed E-state index contributed by atoms with van der Waals surface area (Å²) in [5.41, 5.74) is -0.393. The van der Waals surface area contributed by atoms with E-state index < -0.39 is 16.8 Å². The van der Waals surface area contributed by atoms with E-state index in [1.807, 2.05) is 20.8 Å². The number of nitrogens with one attached hydrogen (secondary N) is 2. The number of imide groups is 1. The summed E-state index contributed by atoms with van der Waals surface area (Å²) < 4.78 is 2.19. The van der Waals surface area contributed by atoms with Gasteiger partial charge in [0, 0.05) is 24.7 Å². The van der Waals surface area contributed by atoms with Crippen molar-refractivity contribution < 1.29 is 9.59 Å². The molecule has 1 aromatic rings. The van der Waals surface area contributed by atoms with E-state index in [-0.39, 0.29) is 5.91 Å². The molecule has 2 fully saturated rings. The molecule has 2 aliphatic rings. The normalized spacial score (nSPS) is 18.9. The lowest BCUT2D eigenvalue weighted by atomic mass is 10.1. The van der Waals surface area contributed by atoms with Crippen molar-refractivity contribution in [3.63, 3.8) is 0 Å². The predicted molar refractivity (Wildman–Crippen MR) is 106 cm³/mol. The molecule has 150 valence electrons. The number of hydrogen-bond acceptors (Lipinski definition) is 6. The first kappa shape index (κ1) is 20.0. The molecular weight excluding hydrogens is 364 g/mol. The molecule has 27 heavy (non-hydrogen) atoms. The largest absolute Gasteiger partial charge is 0.341 e. The van der Waals surface area contributed by atoms with Crippen molar-refractivity contribution in [2.24, 2.45) is 0 Å². The second-order valence-corrected chi connectivity index (χ2v) is 9.69. The molecule has 3 rings (SSSR count). The van der Waals surface area contributed by atoms with Gasteiger partial charge >= 0.3 is 6.03 Å². The molecule has 1 saturated carbocycles. The number of hydrogen-bond donors (Lipinski definition) is 2. The van der Waals surface area contributed by atoms with Gasteiger partial charge in [-0.3, -0.25) is 14.7 Å². The van der Waals surface area contributed by atoms with Crippen molar-refractivity contribution >= 4 is 29.6 Å². The molecule has 1 aliphatic heterocycles. The van der Waals surface area contributed by atoms with Gasteiger partial charge in [-0.1, -0.05) is 11.8 Å². The second-order valence-electron chi connectivity index (χ2n) is 8.38. The van der Waals surface area contributed by atoms with Crippen LogP contribution in [0.15, 0.2) is 5.16 Å². The number of thioether (sulfide) groups is 1. The van der Waals surface area contributed by atoms with Crippen LogP contribution in [0.1, 0.15) is 65.8 Å². The monoisotopic (exact) mass is 394 g/mol. The lowest BCUT2D eigenvalue weighted by Gasteiger charge is -2.28. The third kappa shape index (κ3) is 5.37. The van der Waals surface area contributed by atoms with Gasteiger partial charge in [0.05, 0.1) is 5.25 Å². The topological polar surface area (TPSA) is 92.2 Å². The van der Waals surface area contributed by atoms with Crippen LogP contribution < -0.4 is 15.5 Å². The van der Waals surface area contributed by atoms with Crippen LogP contribution >= 0.6 is 11.8 Å². The number of piperidine rings is 1. The third-order valence-electron chi connectivity index (χ3n) is 4.57. The molecule has 1 atom stereocenters. The molecule has 9 heteroatoms. The molecule has 0 bridgehead atoms. The minimum Gasteiger partial charge on any atom is -0.341 e. The van der Waals surface area contributed by atoms with Crippen molar-refractivity contribution in [3.05, 3.63) is 0 Å². The highest BCUT2D eigenvalue weighted by Crippen LogP contribution is 2.41. The zero-order chi connectivity index (χ0) is 19.6. The summed E-state index contributed by atoms with van der Waals surface area (Å²) in [6.07, 6.45) is 5.88. The van der Waals surface area contributed by atoms with Crippen LogP contribution in [0.3, 0.4) is 0 Å². The summed E-state index contributed by atoms with van der Waals surface area (Å²) in [5, 5.41) is 14.3. The van der Waals surface area contributed by atoms with Gasteiger partial charge in [-0.05, 0) is 59.8 Å². The molecule has 8 nitrogen and oxygen atoms in total. The summed E-state index contributed by atoms with van der Waals surface area (Å²) in [6, 6.07) is -0.0449. The minimum atomic E-state index is -0.474. The first-order valence-corrected chi connectivity index (χ1v) is 10.6. The van der Waals surface area contributed by atoms with Gasteiger partial charge in [-0.15, -0.1) is 10.2 Å². The number of rotatable bonds is 5. The van der Waals surface area contributed by atoms with E-state index >= 15 is 0 Å². The van der Waals surface area contributed by atoms with Crippen molar-refractivity contribution in [1.82, 2.24) is 25.4 Å². The number of aromatic nitrogens is 3. The maximum Gasteiger partial charge on any atom is 0.321 e. The fraction of sp³-hybridized carbons (Fsp3) is 0.778. The second kappa shape index (κ2) is 8.08. The highest BCUT2D eigenvalue weighted by molar-refractivity contribution is 8.00. The van der Waals surface area contributed by atoms with Crippen LogP contribution in [0, 0.1) is 0 Å². The van der Waals surface area contributed by atoms with Crippen LogP contribution in [0.25, 0.3) is 0 Å². The van der Waals surface area contributed by atoms with E-state index in [1.165, 1.54) is 31.0 Å². The Bertz CT molecular complexity index is 689. The van der Waals surface area contributed by atoms with E-state index in [4.69, 9.17) is 0 Å². The zero-order valence-corrected chi connectivity index (χ0v) is 17.4. The highest BCUT2D eigenvalue weighted by Gasteiger charge is 2.33. The SMILES string of the molecule is C[C@H](Sc1nnc(N2CCCCC2)n1C1CC1)C(=O)NC(=O)NC(C)(C)C. The molecule has 0 radical (unpaired) electrons. The van der Waals surface area contributed by atoms with Crippen LogP contribution in [0.4, 0.5) is 10.7 Å². The Morgan fingerprint density at radius 2 is 1.81 bits per heavy atom. The molecule has 2 heterocycles. The molecule has 1 aliphatic carbocycles. The van der Waals surface area contributed by atoms with Gasteiger partial charge in [-0.2, -0.15) is 0 Å². The Labute approximate surface area is 164 Å². The van der Waals surface area contributed by atoms with Gasteiger partial charge in [0.2, 0.25) is 11.9 Å². The van der Waals surface area contributed by atoms with Gasteiger partial charge < -0.3 is 10.2 Å². The first-order valence-electron chi connectivity index (χ1n) is 9.74. The van der Waals surface area contributed by atoms with Crippen LogP contribution in [0.2, 0.25) is 0 Å². The van der Waals surface area contributed by atoms with Gasteiger partial charge in [0.25, 0.3) is 0 Å². The molecular formula is C18H30N6O2S. The van der Waals surface area contributed by atoms with Crippen LogP contribution in [0.5, 0.6) is 0 Å². The molecule has 1 aromatic heterocycles. The average molecular weight is 395 g/mol. The summed E-state index contributed by atoms with van der Waals surface area (Å²) >= 11 is 1.36. The zero-order valence-electron chi connectivity index (χ0n) is 16.6. The lowest BCUT2D eigenvalue weighted by Crippen LogP contribution is -2.49. The van der Waals surface area contributed by atoms with Crippen LogP contribution in [-0.4, -0.2) is 50.6 Å². The summed E-state index contributed by atoms with van der Waals surface area (Å²) in [6.45, 7) is 9.42. The highest BCUT2D eigenvalue weighted by atomic mass is 32.2. The molecule has 3 amide bonds. The summed E-state index contributed by atoms with van der Waals surface area (Å²) in [5.74, 6) is 0.601. The third-order valence-corrected chi connectivity index (χ3v) is 5.63. The Balaban J connectivity index is 1.65. The Morgan fingerprint density at radius 3 is 2.41 bits per heavy atom. The molecule has 0 aromatic carbocycles. The number of amides is 3. The molecule has 1 saturated heterocycles. The molecule has 0 unspecified atom stereocenters. The maximum atomic E-state index is 12.4. The lowest BCUT2D eigenvalue weighted by molar-refractivity contribution is -0.119. The van der Waals surface area contributed by atoms with Crippen molar-refractivity contribution in [1.29, 1.82) is 0 Å². The smallest absolute Gasteiger partial charge is 0.321 e. The Kier molecular flexibility index (Phi) is 5.98. The number of urea groups is 1. The van der Waals surface area contributed by atoms with Crippen molar-refractivity contribution in [2.45, 2.75) is 81.8 Å².